The molecule has 0 aliphatic carbocycles. The molecule has 5 heteroatoms. The van der Waals surface area contributed by atoms with Gasteiger partial charge in [0.05, 0.1) is 0 Å². The monoisotopic (exact) mass is 309 g/mol. The predicted molar refractivity (Wildman–Crippen MR) is 88.5 cm³/mol. The highest BCUT2D eigenvalue weighted by Gasteiger charge is 2.17. The summed E-state index contributed by atoms with van der Waals surface area (Å²) in [5, 5.41) is 2.25. The van der Waals surface area contributed by atoms with Crippen molar-refractivity contribution in [3.8, 4) is 0 Å². The van der Waals surface area contributed by atoms with Gasteiger partial charge in [0.2, 0.25) is 5.91 Å². The summed E-state index contributed by atoms with van der Waals surface area (Å²) in [6.07, 6.45) is 2.96. The number of likely N-dealkylation sites (N-methyl/N-ethyl adjacent to an activating group) is 1. The quantitative estimate of drug-likeness (QED) is 0.773. The number of amides is 1. The molecule has 0 saturated carbocycles. The number of hydrogen-bond donors (Lipinski definition) is 0. The number of carbonyl (C=O) groups excluding carboxylic acids is 1. The highest BCUT2D eigenvalue weighted by atomic mass is 32.1. The molecule has 0 N–H and O–H groups in total. The molecule has 0 atom stereocenters. The van der Waals surface area contributed by atoms with Crippen molar-refractivity contribution in [1.82, 2.24) is 14.7 Å². The molecule has 1 aromatic heterocycles. The molecule has 118 valence electrons. The van der Waals surface area contributed by atoms with Crippen LogP contribution in [0, 0.1) is 0 Å². The van der Waals surface area contributed by atoms with E-state index in [0.29, 0.717) is 5.91 Å². The van der Waals surface area contributed by atoms with Gasteiger partial charge in [-0.15, -0.1) is 11.3 Å². The second-order valence-corrected chi connectivity index (χ2v) is 7.23. The number of rotatable bonds is 7. The molecule has 1 fully saturated rings. The lowest BCUT2D eigenvalue weighted by Crippen LogP contribution is -2.40. The van der Waals surface area contributed by atoms with E-state index in [1.54, 1.807) is 0 Å². The van der Waals surface area contributed by atoms with Gasteiger partial charge < -0.3 is 9.80 Å². The number of likely N-dealkylation sites (tertiary alicyclic amines) is 1. The zero-order chi connectivity index (χ0) is 15.2. The molecule has 1 amide bonds. The summed E-state index contributed by atoms with van der Waals surface area (Å²) in [5.74, 6) is 0.332. The van der Waals surface area contributed by atoms with Crippen molar-refractivity contribution in [2.75, 3.05) is 40.8 Å². The molecule has 1 saturated heterocycles. The van der Waals surface area contributed by atoms with E-state index in [2.05, 4.69) is 42.4 Å². The van der Waals surface area contributed by atoms with Crippen LogP contribution >= 0.6 is 11.3 Å². The van der Waals surface area contributed by atoms with E-state index in [9.17, 15) is 4.79 Å². The molecule has 1 aliphatic heterocycles. The first-order valence-electron chi connectivity index (χ1n) is 7.72. The van der Waals surface area contributed by atoms with Crippen LogP contribution in [0.25, 0.3) is 0 Å². The van der Waals surface area contributed by atoms with E-state index >= 15 is 0 Å². The first kappa shape index (κ1) is 16.5. The summed E-state index contributed by atoms with van der Waals surface area (Å²) in [5.41, 5.74) is 1.39. The summed E-state index contributed by atoms with van der Waals surface area (Å²) in [4.78, 5) is 19.7. The van der Waals surface area contributed by atoms with Crippen LogP contribution in [0.3, 0.4) is 0 Å². The maximum absolute atomic E-state index is 11.8. The van der Waals surface area contributed by atoms with Crippen molar-refractivity contribution in [3.63, 3.8) is 0 Å². The molecule has 2 rings (SSSR count). The molecule has 0 radical (unpaired) electrons. The number of carbonyl (C=O) groups is 1. The van der Waals surface area contributed by atoms with Gasteiger partial charge >= 0.3 is 0 Å². The van der Waals surface area contributed by atoms with Gasteiger partial charge in [-0.3, -0.25) is 9.69 Å². The average Bonchev–Trinajstić information content (AvgIpc) is 2.84. The highest BCUT2D eigenvalue weighted by molar-refractivity contribution is 7.10. The van der Waals surface area contributed by atoms with Crippen LogP contribution in [0.5, 0.6) is 0 Å². The maximum Gasteiger partial charge on any atom is 0.222 e. The molecule has 0 bridgehead atoms. The first-order valence-corrected chi connectivity index (χ1v) is 8.60. The van der Waals surface area contributed by atoms with Gasteiger partial charge in [-0.2, -0.15) is 0 Å². The fourth-order valence-electron chi connectivity index (χ4n) is 2.69. The summed E-state index contributed by atoms with van der Waals surface area (Å²) in [7, 11) is 6.33. The number of thiophene rings is 1. The molecular formula is C16H27N3OS. The van der Waals surface area contributed by atoms with Crippen LogP contribution in [0.1, 0.15) is 29.7 Å². The van der Waals surface area contributed by atoms with Crippen molar-refractivity contribution >= 4 is 17.2 Å². The van der Waals surface area contributed by atoms with Gasteiger partial charge in [0.1, 0.15) is 0 Å². The molecule has 1 aliphatic rings. The first-order chi connectivity index (χ1) is 10.0. The SMILES string of the molecule is CN(C)Cc1csc(CN(C)CCN2CCCCC2=O)c1. The molecular weight excluding hydrogens is 282 g/mol. The molecule has 4 nitrogen and oxygen atoms in total. The smallest absolute Gasteiger partial charge is 0.222 e. The Balaban J connectivity index is 1.74. The van der Waals surface area contributed by atoms with Crippen LogP contribution in [0.4, 0.5) is 0 Å². The normalized spacial score (nSPS) is 16.2. The lowest BCUT2D eigenvalue weighted by atomic mass is 10.1. The van der Waals surface area contributed by atoms with Crippen molar-refractivity contribution in [3.05, 3.63) is 21.9 Å². The maximum atomic E-state index is 11.8. The Morgan fingerprint density at radius 1 is 1.24 bits per heavy atom. The van der Waals surface area contributed by atoms with Gasteiger partial charge in [-0.25, -0.2) is 0 Å². The van der Waals surface area contributed by atoms with E-state index in [-0.39, 0.29) is 0 Å². The summed E-state index contributed by atoms with van der Waals surface area (Å²) in [6.45, 7) is 4.74. The van der Waals surface area contributed by atoms with Crippen molar-refractivity contribution in [2.24, 2.45) is 0 Å². The van der Waals surface area contributed by atoms with Gasteiger partial charge in [-0.05, 0) is 51.0 Å². The second-order valence-electron chi connectivity index (χ2n) is 6.23. The Labute approximate surface area is 132 Å². The molecule has 2 heterocycles. The fourth-order valence-corrected chi connectivity index (χ4v) is 3.65. The summed E-state index contributed by atoms with van der Waals surface area (Å²) in [6, 6.07) is 2.30. The van der Waals surface area contributed by atoms with Crippen LogP contribution in [-0.4, -0.2) is 61.4 Å². The van der Waals surface area contributed by atoms with E-state index in [0.717, 1.165) is 52.0 Å². The molecule has 0 aromatic carbocycles. The number of hydrogen-bond acceptors (Lipinski definition) is 4. The largest absolute Gasteiger partial charge is 0.341 e. The van der Waals surface area contributed by atoms with Crippen LogP contribution in [0.15, 0.2) is 11.4 Å². The van der Waals surface area contributed by atoms with E-state index in [1.807, 2.05) is 16.2 Å². The third-order valence-corrected chi connectivity index (χ3v) is 4.78. The Morgan fingerprint density at radius 3 is 2.76 bits per heavy atom. The molecule has 21 heavy (non-hydrogen) atoms. The third-order valence-electron chi connectivity index (χ3n) is 3.81. The zero-order valence-corrected chi connectivity index (χ0v) is 14.3. The summed E-state index contributed by atoms with van der Waals surface area (Å²) < 4.78 is 0. The minimum absolute atomic E-state index is 0.332. The Hall–Kier alpha value is -0.910. The van der Waals surface area contributed by atoms with Crippen LogP contribution < -0.4 is 0 Å². The van der Waals surface area contributed by atoms with Crippen molar-refractivity contribution < 1.29 is 4.79 Å². The second kappa shape index (κ2) is 7.92. The molecule has 0 unspecified atom stereocenters. The Bertz CT molecular complexity index is 458. The highest BCUT2D eigenvalue weighted by Crippen LogP contribution is 2.17. The van der Waals surface area contributed by atoms with Gasteiger partial charge in [0.15, 0.2) is 0 Å². The average molecular weight is 309 g/mol. The van der Waals surface area contributed by atoms with E-state index in [1.165, 1.54) is 10.4 Å². The van der Waals surface area contributed by atoms with E-state index in [4.69, 9.17) is 0 Å². The van der Waals surface area contributed by atoms with Gasteiger partial charge in [-0.1, -0.05) is 0 Å². The predicted octanol–water partition coefficient (Wildman–Crippen LogP) is 2.25. The molecule has 1 aromatic rings. The van der Waals surface area contributed by atoms with E-state index < -0.39 is 0 Å². The topological polar surface area (TPSA) is 26.8 Å². The van der Waals surface area contributed by atoms with Crippen molar-refractivity contribution in [2.45, 2.75) is 32.4 Å². The minimum Gasteiger partial charge on any atom is -0.341 e. The number of piperidine rings is 1. The third kappa shape index (κ3) is 5.41. The minimum atomic E-state index is 0.332. The summed E-state index contributed by atoms with van der Waals surface area (Å²) >= 11 is 1.83. The Kier molecular flexibility index (Phi) is 6.21. The van der Waals surface area contributed by atoms with Crippen molar-refractivity contribution in [1.29, 1.82) is 0 Å². The fraction of sp³-hybridized carbons (Fsp3) is 0.688. The van der Waals surface area contributed by atoms with Crippen LogP contribution in [0.2, 0.25) is 0 Å². The zero-order valence-electron chi connectivity index (χ0n) is 13.5. The van der Waals surface area contributed by atoms with Gasteiger partial charge in [0, 0.05) is 44.0 Å². The lowest BCUT2D eigenvalue weighted by Gasteiger charge is -2.28. The lowest BCUT2D eigenvalue weighted by molar-refractivity contribution is -0.133. The number of nitrogens with zero attached hydrogens (tertiary/aromatic N) is 3. The Morgan fingerprint density at radius 2 is 2.05 bits per heavy atom. The molecule has 0 spiro atoms. The standard InChI is InChI=1S/C16H27N3OS/c1-17(2)11-14-10-15(21-13-14)12-18(3)8-9-19-7-5-4-6-16(19)20/h10,13H,4-9,11-12H2,1-3H3. The van der Waals surface area contributed by atoms with Crippen LogP contribution in [-0.2, 0) is 17.9 Å². The van der Waals surface area contributed by atoms with Gasteiger partial charge in [0.25, 0.3) is 0 Å².